The zero-order valence-corrected chi connectivity index (χ0v) is 14.4. The molecule has 0 bridgehead atoms. The van der Waals surface area contributed by atoms with Crippen LogP contribution in [0.3, 0.4) is 0 Å². The fourth-order valence-corrected chi connectivity index (χ4v) is 2.48. The largest absolute Gasteiger partial charge is 0.381 e. The van der Waals surface area contributed by atoms with E-state index >= 15 is 0 Å². The van der Waals surface area contributed by atoms with Gasteiger partial charge in [-0.05, 0) is 23.7 Å². The molecule has 0 aromatic rings. The lowest BCUT2D eigenvalue weighted by molar-refractivity contribution is -0.127. The number of carbonyl (C=O) groups is 1. The number of hydrogen-bond donors (Lipinski definition) is 0. The smallest absolute Gasteiger partial charge is 0.138 e. The van der Waals surface area contributed by atoms with Gasteiger partial charge in [0.1, 0.15) is 5.78 Å². The molecule has 0 spiro atoms. The van der Waals surface area contributed by atoms with Gasteiger partial charge in [0.25, 0.3) is 0 Å². The Balaban J connectivity index is 0.000000204. The molecule has 0 amide bonds. The van der Waals surface area contributed by atoms with Crippen molar-refractivity contribution in [2.75, 3.05) is 13.2 Å². The van der Waals surface area contributed by atoms with Gasteiger partial charge in [-0.25, -0.2) is 0 Å². The molecule has 2 aliphatic rings. The Morgan fingerprint density at radius 2 is 1.65 bits per heavy atom. The van der Waals surface area contributed by atoms with Crippen LogP contribution in [-0.2, 0) is 9.53 Å². The molecule has 0 radical (unpaired) electrons. The number of Topliss-reactive ketones (excluding diaryl/α,β-unsaturated/α-hetero) is 1. The minimum Gasteiger partial charge on any atom is -0.381 e. The van der Waals surface area contributed by atoms with E-state index in [1.54, 1.807) is 0 Å². The van der Waals surface area contributed by atoms with E-state index in [1.807, 2.05) is 20.8 Å². The molecule has 2 nitrogen and oxygen atoms in total. The fourth-order valence-electron chi connectivity index (χ4n) is 2.48. The van der Waals surface area contributed by atoms with Crippen molar-refractivity contribution in [2.24, 2.45) is 22.7 Å². The maximum Gasteiger partial charge on any atom is 0.138 e. The normalized spacial score (nSPS) is 23.8. The van der Waals surface area contributed by atoms with E-state index in [0.29, 0.717) is 11.2 Å². The van der Waals surface area contributed by atoms with Crippen molar-refractivity contribution in [1.29, 1.82) is 0 Å². The molecule has 2 fully saturated rings. The Labute approximate surface area is 125 Å². The van der Waals surface area contributed by atoms with Gasteiger partial charge in [-0.3, -0.25) is 4.79 Å². The minimum absolute atomic E-state index is 0.115. The third-order valence-corrected chi connectivity index (χ3v) is 4.69. The number of hydrogen-bond acceptors (Lipinski definition) is 2. The maximum atomic E-state index is 11.5. The third-order valence-electron chi connectivity index (χ3n) is 4.69. The molecule has 1 aliphatic carbocycles. The minimum atomic E-state index is -0.115. The van der Waals surface area contributed by atoms with Gasteiger partial charge in [-0.15, -0.1) is 0 Å². The van der Waals surface area contributed by atoms with Crippen molar-refractivity contribution in [2.45, 2.75) is 73.6 Å². The van der Waals surface area contributed by atoms with Crippen LogP contribution in [0.2, 0.25) is 0 Å². The van der Waals surface area contributed by atoms with E-state index in [2.05, 4.69) is 20.8 Å². The molecule has 1 aliphatic heterocycles. The standard InChI is InChI=1S/C10H18O.C8H16O/c1-10(2,3)9(11)7-8-5-4-6-8;1-8(2,3)7-4-5-9-6-7/h8H,4-7H2,1-3H3;7H,4-6H2,1-3H3. The van der Waals surface area contributed by atoms with Crippen molar-refractivity contribution in [3.8, 4) is 0 Å². The molecular weight excluding hydrogens is 248 g/mol. The van der Waals surface area contributed by atoms with Gasteiger partial charge in [0.15, 0.2) is 0 Å². The van der Waals surface area contributed by atoms with Crippen molar-refractivity contribution in [1.82, 2.24) is 0 Å². The van der Waals surface area contributed by atoms with Crippen molar-refractivity contribution in [3.63, 3.8) is 0 Å². The van der Waals surface area contributed by atoms with E-state index in [0.717, 1.165) is 31.5 Å². The van der Waals surface area contributed by atoms with Gasteiger partial charge in [0.2, 0.25) is 0 Å². The predicted molar refractivity (Wildman–Crippen MR) is 84.8 cm³/mol. The van der Waals surface area contributed by atoms with Gasteiger partial charge < -0.3 is 4.74 Å². The molecule has 2 rings (SSSR count). The van der Waals surface area contributed by atoms with Gasteiger partial charge in [0, 0.05) is 25.0 Å². The van der Waals surface area contributed by atoms with Gasteiger partial charge in [-0.1, -0.05) is 60.8 Å². The van der Waals surface area contributed by atoms with Gasteiger partial charge >= 0.3 is 0 Å². The second-order valence-electron chi connectivity index (χ2n) is 8.60. The first-order valence-electron chi connectivity index (χ1n) is 8.21. The summed E-state index contributed by atoms with van der Waals surface area (Å²) < 4.78 is 5.28. The molecule has 1 atom stereocenters. The van der Waals surface area contributed by atoms with Crippen LogP contribution in [0.4, 0.5) is 0 Å². The average Bonchev–Trinajstić information content (AvgIpc) is 2.75. The Morgan fingerprint density at radius 1 is 1.05 bits per heavy atom. The summed E-state index contributed by atoms with van der Waals surface area (Å²) in [6.45, 7) is 14.8. The molecule has 2 heteroatoms. The second kappa shape index (κ2) is 7.06. The molecule has 1 saturated carbocycles. The van der Waals surface area contributed by atoms with Crippen molar-refractivity contribution >= 4 is 5.78 Å². The molecule has 0 aromatic carbocycles. The number of ether oxygens (including phenoxy) is 1. The van der Waals surface area contributed by atoms with Crippen LogP contribution in [0.15, 0.2) is 0 Å². The van der Waals surface area contributed by atoms with Crippen LogP contribution in [0.5, 0.6) is 0 Å². The van der Waals surface area contributed by atoms with Crippen LogP contribution in [0, 0.1) is 22.7 Å². The third kappa shape index (κ3) is 5.95. The monoisotopic (exact) mass is 282 g/mol. The summed E-state index contributed by atoms with van der Waals surface area (Å²) in [7, 11) is 0. The van der Waals surface area contributed by atoms with E-state index < -0.39 is 0 Å². The molecular formula is C18H34O2. The molecule has 1 heterocycles. The fraction of sp³-hybridized carbons (Fsp3) is 0.944. The van der Waals surface area contributed by atoms with Crippen LogP contribution in [-0.4, -0.2) is 19.0 Å². The number of carbonyl (C=O) groups excluding carboxylic acids is 1. The highest BCUT2D eigenvalue weighted by Crippen LogP contribution is 2.33. The number of rotatable bonds is 2. The van der Waals surface area contributed by atoms with Crippen molar-refractivity contribution < 1.29 is 9.53 Å². The van der Waals surface area contributed by atoms with Gasteiger partial charge in [-0.2, -0.15) is 0 Å². The summed E-state index contributed by atoms with van der Waals surface area (Å²) in [5, 5.41) is 0. The van der Waals surface area contributed by atoms with E-state index in [1.165, 1.54) is 25.7 Å². The number of ketones is 1. The highest BCUT2D eigenvalue weighted by Gasteiger charge is 2.28. The molecule has 20 heavy (non-hydrogen) atoms. The Bertz CT molecular complexity index is 296. The topological polar surface area (TPSA) is 26.3 Å². The second-order valence-corrected chi connectivity index (χ2v) is 8.60. The molecule has 0 aromatic heterocycles. The maximum absolute atomic E-state index is 11.5. The summed E-state index contributed by atoms with van der Waals surface area (Å²) in [6, 6.07) is 0. The highest BCUT2D eigenvalue weighted by molar-refractivity contribution is 5.83. The van der Waals surface area contributed by atoms with Crippen LogP contribution < -0.4 is 0 Å². The van der Waals surface area contributed by atoms with Crippen LogP contribution in [0.1, 0.15) is 73.6 Å². The molecule has 1 unspecified atom stereocenters. The Kier molecular flexibility index (Phi) is 6.25. The first-order valence-corrected chi connectivity index (χ1v) is 8.21. The molecule has 118 valence electrons. The van der Waals surface area contributed by atoms with E-state index in [9.17, 15) is 4.79 Å². The lowest BCUT2D eigenvalue weighted by atomic mass is 9.77. The summed E-state index contributed by atoms with van der Waals surface area (Å²) >= 11 is 0. The highest BCUT2D eigenvalue weighted by atomic mass is 16.5. The lowest BCUT2D eigenvalue weighted by Gasteiger charge is -2.27. The quantitative estimate of drug-likeness (QED) is 0.723. The zero-order chi connectivity index (χ0) is 15.4. The lowest BCUT2D eigenvalue weighted by Crippen LogP contribution is -2.25. The molecule has 1 saturated heterocycles. The average molecular weight is 282 g/mol. The summed E-state index contributed by atoms with van der Waals surface area (Å²) in [6.07, 6.45) is 5.97. The Morgan fingerprint density at radius 3 is 1.90 bits per heavy atom. The first-order chi connectivity index (χ1) is 9.10. The summed E-state index contributed by atoms with van der Waals surface area (Å²) in [4.78, 5) is 11.5. The van der Waals surface area contributed by atoms with Crippen LogP contribution >= 0.6 is 0 Å². The zero-order valence-electron chi connectivity index (χ0n) is 14.4. The first kappa shape index (κ1) is 17.7. The van der Waals surface area contributed by atoms with Crippen molar-refractivity contribution in [3.05, 3.63) is 0 Å². The predicted octanol–water partition coefficient (Wildman–Crippen LogP) is 4.86. The van der Waals surface area contributed by atoms with E-state index in [4.69, 9.17) is 4.74 Å². The summed E-state index contributed by atoms with van der Waals surface area (Å²) in [5.41, 5.74) is 0.339. The van der Waals surface area contributed by atoms with E-state index in [-0.39, 0.29) is 5.41 Å². The summed E-state index contributed by atoms with van der Waals surface area (Å²) in [5.74, 6) is 1.95. The Hall–Kier alpha value is -0.370. The van der Waals surface area contributed by atoms with Crippen LogP contribution in [0.25, 0.3) is 0 Å². The molecule has 0 N–H and O–H groups in total. The van der Waals surface area contributed by atoms with Gasteiger partial charge in [0.05, 0.1) is 0 Å². The SMILES string of the molecule is CC(C)(C)C(=O)CC1CCC1.CC(C)(C)C1CCOC1.